The van der Waals surface area contributed by atoms with Gasteiger partial charge in [0.15, 0.2) is 5.69 Å². The number of benzene rings is 2. The SMILES string of the molecule is COc1ccc(-n2ncc(C(=O)O)c2C(F)(F)F)cc1-c1cnc(N2CC(F)(F)C2)nc1CN1C(=O)OC(c2cc(C(F)(F)F)cc(C(F)(F)F)c2)[C@@H]1C. The Bertz CT molecular complexity index is 2090. The largest absolute Gasteiger partial charge is 0.496 e. The number of carbonyl (C=O) groups is 2. The van der Waals surface area contributed by atoms with Crippen molar-refractivity contribution in [2.45, 2.75) is 50.1 Å². The van der Waals surface area contributed by atoms with E-state index in [1.54, 1.807) is 0 Å². The third-order valence-corrected chi connectivity index (χ3v) is 8.62. The molecular formula is C32H23F11N6O5. The lowest BCUT2D eigenvalue weighted by Gasteiger charge is -2.38. The molecule has 0 spiro atoms. The van der Waals surface area contributed by atoms with Crippen molar-refractivity contribution in [1.82, 2.24) is 24.6 Å². The summed E-state index contributed by atoms with van der Waals surface area (Å²) in [6, 6.07) is 2.83. The third kappa shape index (κ3) is 7.15. The second-order valence-electron chi connectivity index (χ2n) is 12.3. The Hall–Kier alpha value is -5.70. The minimum absolute atomic E-state index is 0.0374. The number of amides is 1. The second-order valence-corrected chi connectivity index (χ2v) is 12.3. The van der Waals surface area contributed by atoms with Gasteiger partial charge in [-0.05, 0) is 48.9 Å². The number of anilines is 1. The van der Waals surface area contributed by atoms with Gasteiger partial charge < -0.3 is 19.5 Å². The van der Waals surface area contributed by atoms with Crippen molar-refractivity contribution in [2.24, 2.45) is 0 Å². The first-order valence-electron chi connectivity index (χ1n) is 15.3. The molecule has 0 bridgehead atoms. The lowest BCUT2D eigenvalue weighted by atomic mass is 9.97. The molecule has 2 aliphatic rings. The van der Waals surface area contributed by atoms with E-state index < -0.39 is 96.2 Å². The van der Waals surface area contributed by atoms with E-state index in [1.165, 1.54) is 20.1 Å². The highest BCUT2D eigenvalue weighted by Gasteiger charge is 2.47. The third-order valence-electron chi connectivity index (χ3n) is 8.62. The molecule has 6 rings (SSSR count). The van der Waals surface area contributed by atoms with E-state index in [9.17, 15) is 63.0 Å². The summed E-state index contributed by atoms with van der Waals surface area (Å²) in [5.41, 5.74) is -7.44. The number of aromatic carboxylic acids is 1. The Labute approximate surface area is 295 Å². The van der Waals surface area contributed by atoms with Gasteiger partial charge in [0.2, 0.25) is 5.95 Å². The zero-order valence-electron chi connectivity index (χ0n) is 27.3. The summed E-state index contributed by atoms with van der Waals surface area (Å²) in [5, 5.41) is 12.9. The molecule has 11 nitrogen and oxygen atoms in total. The van der Waals surface area contributed by atoms with Crippen LogP contribution in [0.25, 0.3) is 16.8 Å². The van der Waals surface area contributed by atoms with Gasteiger partial charge in [0.25, 0.3) is 5.92 Å². The highest BCUT2D eigenvalue weighted by molar-refractivity contribution is 5.89. The summed E-state index contributed by atoms with van der Waals surface area (Å²) in [6.07, 6.45) is -16.9. The molecule has 54 heavy (non-hydrogen) atoms. The summed E-state index contributed by atoms with van der Waals surface area (Å²) in [6.45, 7) is -0.990. The molecule has 1 amide bonds. The number of halogens is 11. The van der Waals surface area contributed by atoms with Crippen LogP contribution in [-0.4, -0.2) is 74.0 Å². The molecule has 2 aromatic carbocycles. The highest BCUT2D eigenvalue weighted by atomic mass is 19.4. The molecule has 2 fully saturated rings. The van der Waals surface area contributed by atoms with Crippen LogP contribution in [0.2, 0.25) is 0 Å². The summed E-state index contributed by atoms with van der Waals surface area (Å²) in [5.74, 6) is -5.34. The second kappa shape index (κ2) is 13.0. The fourth-order valence-corrected chi connectivity index (χ4v) is 6.03. The van der Waals surface area contributed by atoms with Gasteiger partial charge in [0.1, 0.15) is 17.4 Å². The van der Waals surface area contributed by atoms with Crippen LogP contribution in [-0.2, 0) is 29.8 Å². The van der Waals surface area contributed by atoms with E-state index in [1.807, 2.05) is 0 Å². The number of alkyl halides is 11. The number of hydrogen-bond donors (Lipinski definition) is 1. The Morgan fingerprint density at radius 1 is 0.944 bits per heavy atom. The maximum Gasteiger partial charge on any atom is 0.434 e. The number of hydrogen-bond acceptors (Lipinski definition) is 8. The van der Waals surface area contributed by atoms with Crippen molar-refractivity contribution in [2.75, 3.05) is 25.1 Å². The van der Waals surface area contributed by atoms with E-state index in [2.05, 4.69) is 15.1 Å². The first-order valence-corrected chi connectivity index (χ1v) is 15.3. The number of carboxylic acid groups (broad SMARTS) is 1. The molecule has 2 atom stereocenters. The fraction of sp³-hybridized carbons (Fsp3) is 0.344. The van der Waals surface area contributed by atoms with E-state index in [0.29, 0.717) is 23.0 Å². The molecule has 2 aliphatic heterocycles. The Morgan fingerprint density at radius 2 is 1.57 bits per heavy atom. The molecule has 4 aromatic rings. The molecule has 22 heteroatoms. The van der Waals surface area contributed by atoms with Gasteiger partial charge in [-0.25, -0.2) is 33.0 Å². The Kier molecular flexibility index (Phi) is 9.16. The van der Waals surface area contributed by atoms with Gasteiger partial charge >= 0.3 is 30.6 Å². The quantitative estimate of drug-likeness (QED) is 0.180. The monoisotopic (exact) mass is 780 g/mol. The van der Waals surface area contributed by atoms with Crippen molar-refractivity contribution in [3.63, 3.8) is 0 Å². The van der Waals surface area contributed by atoms with E-state index in [-0.39, 0.29) is 40.3 Å². The van der Waals surface area contributed by atoms with Gasteiger partial charge in [-0.2, -0.15) is 44.6 Å². The number of aromatic nitrogens is 4. The number of ether oxygens (including phenoxy) is 2. The van der Waals surface area contributed by atoms with Crippen molar-refractivity contribution in [3.8, 4) is 22.6 Å². The molecule has 0 radical (unpaired) electrons. The Morgan fingerprint density at radius 3 is 2.11 bits per heavy atom. The Balaban J connectivity index is 1.44. The lowest BCUT2D eigenvalue weighted by Crippen LogP contribution is -2.57. The smallest absolute Gasteiger partial charge is 0.434 e. The van der Waals surface area contributed by atoms with E-state index in [0.717, 1.165) is 28.1 Å². The van der Waals surface area contributed by atoms with Crippen molar-refractivity contribution in [3.05, 3.63) is 82.4 Å². The number of nitrogens with zero attached hydrogens (tertiary/aromatic N) is 6. The average Bonchev–Trinajstić information content (AvgIpc) is 3.64. The van der Waals surface area contributed by atoms with Gasteiger partial charge in [0.05, 0.1) is 61.5 Å². The van der Waals surface area contributed by atoms with Crippen molar-refractivity contribution < 1.29 is 72.5 Å². The van der Waals surface area contributed by atoms with E-state index >= 15 is 0 Å². The predicted octanol–water partition coefficient (Wildman–Crippen LogP) is 7.63. The molecule has 4 heterocycles. The van der Waals surface area contributed by atoms with E-state index in [4.69, 9.17) is 9.47 Å². The lowest BCUT2D eigenvalue weighted by molar-refractivity contribution is -0.144. The summed E-state index contributed by atoms with van der Waals surface area (Å²) in [7, 11) is 1.18. The summed E-state index contributed by atoms with van der Waals surface area (Å²) in [4.78, 5) is 35.2. The van der Waals surface area contributed by atoms with Gasteiger partial charge in [-0.15, -0.1) is 0 Å². The number of carbonyl (C=O) groups excluding carboxylic acids is 1. The molecule has 1 unspecified atom stereocenters. The average molecular weight is 781 g/mol. The molecule has 2 saturated heterocycles. The predicted molar refractivity (Wildman–Crippen MR) is 161 cm³/mol. The van der Waals surface area contributed by atoms with Crippen LogP contribution in [0.1, 0.15) is 51.5 Å². The normalized spacial score (nSPS) is 18.8. The first-order chi connectivity index (χ1) is 25.0. The zero-order chi connectivity index (χ0) is 39.7. The van der Waals surface area contributed by atoms with Gasteiger partial charge in [-0.1, -0.05) is 0 Å². The molecular weight excluding hydrogens is 757 g/mol. The number of methoxy groups -OCH3 is 1. The van der Waals surface area contributed by atoms with Crippen LogP contribution in [0, 0.1) is 0 Å². The van der Waals surface area contributed by atoms with Crippen LogP contribution < -0.4 is 9.64 Å². The van der Waals surface area contributed by atoms with Crippen LogP contribution in [0.3, 0.4) is 0 Å². The number of carboxylic acids is 1. The fourth-order valence-electron chi connectivity index (χ4n) is 6.03. The molecule has 0 aliphatic carbocycles. The van der Waals surface area contributed by atoms with Crippen molar-refractivity contribution >= 4 is 18.0 Å². The number of rotatable bonds is 8. The van der Waals surface area contributed by atoms with Crippen LogP contribution >= 0.6 is 0 Å². The summed E-state index contributed by atoms with van der Waals surface area (Å²) < 4.78 is 162. The maximum absolute atomic E-state index is 14.1. The minimum atomic E-state index is -5.21. The highest BCUT2D eigenvalue weighted by Crippen LogP contribution is 2.43. The van der Waals surface area contributed by atoms with Crippen LogP contribution in [0.4, 0.5) is 59.0 Å². The first kappa shape index (κ1) is 38.0. The minimum Gasteiger partial charge on any atom is -0.496 e. The number of cyclic esters (lactones) is 1. The van der Waals surface area contributed by atoms with Crippen molar-refractivity contribution in [1.29, 1.82) is 0 Å². The maximum atomic E-state index is 14.1. The van der Waals surface area contributed by atoms with Crippen LogP contribution in [0.5, 0.6) is 5.75 Å². The topological polar surface area (TPSA) is 123 Å². The van der Waals surface area contributed by atoms with Crippen LogP contribution in [0.15, 0.2) is 48.8 Å². The van der Waals surface area contributed by atoms with Gasteiger partial charge in [-0.3, -0.25) is 4.90 Å². The molecule has 2 aromatic heterocycles. The summed E-state index contributed by atoms with van der Waals surface area (Å²) >= 11 is 0. The molecule has 288 valence electrons. The standard InChI is InChI=1S/C32H23F11N6O5/c1-14-24(15-5-16(30(35,36)37)7-17(6-15)31(38,39)40)54-28(52)48(14)11-22-20(9-44-27(46-22)47-12-29(33,34)13-47)19-8-18(3-4-23(19)53-2)49-25(32(41,42)43)21(10-45-49)26(50)51/h3-10,14,24H,11-13H2,1-2H3,(H,50,51)/t14-,24?/m0/s1. The molecule has 0 saturated carbocycles. The molecule has 1 N–H and O–H groups in total. The van der Waals surface area contributed by atoms with Gasteiger partial charge in [0, 0.05) is 17.3 Å². The zero-order valence-corrected chi connectivity index (χ0v) is 27.3.